The lowest BCUT2D eigenvalue weighted by Crippen LogP contribution is -2.36. The largest absolute Gasteiger partial charge is 0.480 e. The van der Waals surface area contributed by atoms with Crippen LogP contribution in [0.15, 0.2) is 30.3 Å². The van der Waals surface area contributed by atoms with E-state index in [4.69, 9.17) is 10.8 Å². The van der Waals surface area contributed by atoms with Crippen molar-refractivity contribution < 1.29 is 9.90 Å². The smallest absolute Gasteiger partial charge is 0.320 e. The lowest BCUT2D eigenvalue weighted by Gasteiger charge is -2.29. The number of benzene rings is 1. The molecule has 18 heavy (non-hydrogen) atoms. The van der Waals surface area contributed by atoms with Crippen molar-refractivity contribution in [2.45, 2.75) is 31.3 Å². The normalized spacial score (nSPS) is 19.6. The molecule has 1 aromatic rings. The molecular weight excluding hydrogens is 228 g/mol. The average Bonchev–Trinajstić information content (AvgIpc) is 2.90. The first-order valence-electron chi connectivity index (χ1n) is 6.46. The molecule has 1 saturated heterocycles. The fourth-order valence-corrected chi connectivity index (χ4v) is 2.57. The van der Waals surface area contributed by atoms with Gasteiger partial charge < -0.3 is 10.8 Å². The summed E-state index contributed by atoms with van der Waals surface area (Å²) in [6.45, 7) is 2.07. The van der Waals surface area contributed by atoms with Gasteiger partial charge in [-0.2, -0.15) is 0 Å². The zero-order valence-corrected chi connectivity index (χ0v) is 10.5. The third kappa shape index (κ3) is 3.09. The van der Waals surface area contributed by atoms with Crippen molar-refractivity contribution in [3.05, 3.63) is 35.9 Å². The van der Waals surface area contributed by atoms with Gasteiger partial charge in [-0.25, -0.2) is 0 Å². The summed E-state index contributed by atoms with van der Waals surface area (Å²) in [4.78, 5) is 13.3. The van der Waals surface area contributed by atoms with Gasteiger partial charge in [-0.15, -0.1) is 0 Å². The molecule has 98 valence electrons. The molecule has 0 radical (unpaired) electrons. The zero-order valence-electron chi connectivity index (χ0n) is 10.5. The van der Waals surface area contributed by atoms with Crippen LogP contribution in [0.4, 0.5) is 0 Å². The molecule has 3 N–H and O–H groups in total. The molecule has 0 aliphatic carbocycles. The van der Waals surface area contributed by atoms with Gasteiger partial charge >= 0.3 is 5.97 Å². The molecule has 2 unspecified atom stereocenters. The fourth-order valence-electron chi connectivity index (χ4n) is 2.57. The van der Waals surface area contributed by atoms with Gasteiger partial charge in [0.2, 0.25) is 0 Å². The molecule has 4 nitrogen and oxygen atoms in total. The van der Waals surface area contributed by atoms with Crippen LogP contribution in [0, 0.1) is 0 Å². The van der Waals surface area contributed by atoms with E-state index in [9.17, 15) is 4.79 Å². The summed E-state index contributed by atoms with van der Waals surface area (Å²) in [6.07, 6.45) is 2.84. The standard InChI is InChI=1S/C14H20N2O2/c15-12(14(17)18)10-13(16-8-4-5-9-16)11-6-2-1-3-7-11/h1-3,6-7,12-13H,4-5,8-10,15H2,(H,17,18). The Morgan fingerprint density at radius 2 is 1.89 bits per heavy atom. The molecule has 0 bridgehead atoms. The van der Waals surface area contributed by atoms with Crippen LogP contribution in [-0.4, -0.2) is 35.1 Å². The number of carbonyl (C=O) groups is 1. The van der Waals surface area contributed by atoms with Gasteiger partial charge in [0.15, 0.2) is 0 Å². The molecule has 0 saturated carbocycles. The maximum absolute atomic E-state index is 10.9. The average molecular weight is 248 g/mol. The number of rotatable bonds is 5. The van der Waals surface area contributed by atoms with Crippen molar-refractivity contribution in [1.29, 1.82) is 0 Å². The summed E-state index contributed by atoms with van der Waals surface area (Å²) in [6, 6.07) is 9.39. The van der Waals surface area contributed by atoms with Crippen LogP contribution in [0.5, 0.6) is 0 Å². The first-order valence-corrected chi connectivity index (χ1v) is 6.46. The van der Waals surface area contributed by atoms with Crippen LogP contribution in [-0.2, 0) is 4.79 Å². The predicted octanol–water partition coefficient (Wildman–Crippen LogP) is 1.63. The van der Waals surface area contributed by atoms with Gasteiger partial charge in [0, 0.05) is 6.04 Å². The summed E-state index contributed by atoms with van der Waals surface area (Å²) in [5, 5.41) is 8.98. The van der Waals surface area contributed by atoms with E-state index in [0.29, 0.717) is 6.42 Å². The van der Waals surface area contributed by atoms with Crippen LogP contribution in [0.25, 0.3) is 0 Å². The van der Waals surface area contributed by atoms with Crippen LogP contribution in [0.1, 0.15) is 30.9 Å². The van der Waals surface area contributed by atoms with Gasteiger partial charge in [0.1, 0.15) is 6.04 Å². The Morgan fingerprint density at radius 3 is 2.44 bits per heavy atom. The highest BCUT2D eigenvalue weighted by molar-refractivity contribution is 5.73. The maximum Gasteiger partial charge on any atom is 0.320 e. The molecule has 2 rings (SSSR count). The van der Waals surface area contributed by atoms with E-state index < -0.39 is 12.0 Å². The molecule has 0 amide bonds. The first kappa shape index (κ1) is 13.1. The second kappa shape index (κ2) is 5.98. The highest BCUT2D eigenvalue weighted by Crippen LogP contribution is 2.28. The molecule has 1 aliphatic rings. The molecule has 1 fully saturated rings. The summed E-state index contributed by atoms with van der Waals surface area (Å²) >= 11 is 0. The Balaban J connectivity index is 2.15. The third-order valence-corrected chi connectivity index (χ3v) is 3.56. The number of carboxylic acids is 1. The number of likely N-dealkylation sites (tertiary alicyclic amines) is 1. The minimum absolute atomic E-state index is 0.125. The summed E-state index contributed by atoms with van der Waals surface area (Å²) < 4.78 is 0. The molecule has 1 heterocycles. The highest BCUT2D eigenvalue weighted by atomic mass is 16.4. The predicted molar refractivity (Wildman–Crippen MR) is 70.2 cm³/mol. The van der Waals surface area contributed by atoms with E-state index in [1.54, 1.807) is 0 Å². The van der Waals surface area contributed by atoms with Crippen LogP contribution < -0.4 is 5.73 Å². The van der Waals surface area contributed by atoms with E-state index in [-0.39, 0.29) is 6.04 Å². The summed E-state index contributed by atoms with van der Waals surface area (Å²) in [7, 11) is 0. The SMILES string of the molecule is NC(CC(c1ccccc1)N1CCCC1)C(=O)O. The molecule has 0 spiro atoms. The Hall–Kier alpha value is -1.39. The minimum Gasteiger partial charge on any atom is -0.480 e. The second-order valence-corrected chi connectivity index (χ2v) is 4.85. The molecule has 4 heteroatoms. The molecule has 1 aliphatic heterocycles. The Bertz CT molecular complexity index is 388. The molecular formula is C14H20N2O2. The quantitative estimate of drug-likeness (QED) is 0.831. The zero-order chi connectivity index (χ0) is 13.0. The number of hydrogen-bond acceptors (Lipinski definition) is 3. The summed E-state index contributed by atoms with van der Waals surface area (Å²) in [5.41, 5.74) is 6.86. The van der Waals surface area contributed by atoms with Crippen molar-refractivity contribution in [2.75, 3.05) is 13.1 Å². The van der Waals surface area contributed by atoms with Crippen molar-refractivity contribution in [3.63, 3.8) is 0 Å². The van der Waals surface area contributed by atoms with E-state index in [0.717, 1.165) is 18.7 Å². The Labute approximate surface area is 107 Å². The topological polar surface area (TPSA) is 66.6 Å². The van der Waals surface area contributed by atoms with Crippen molar-refractivity contribution in [3.8, 4) is 0 Å². The van der Waals surface area contributed by atoms with Crippen molar-refractivity contribution >= 4 is 5.97 Å². The number of hydrogen-bond donors (Lipinski definition) is 2. The van der Waals surface area contributed by atoms with E-state index in [1.807, 2.05) is 18.2 Å². The van der Waals surface area contributed by atoms with E-state index in [2.05, 4.69) is 17.0 Å². The lowest BCUT2D eigenvalue weighted by molar-refractivity contribution is -0.139. The van der Waals surface area contributed by atoms with E-state index in [1.165, 1.54) is 12.8 Å². The van der Waals surface area contributed by atoms with Gasteiger partial charge in [-0.1, -0.05) is 30.3 Å². The fraction of sp³-hybridized carbons (Fsp3) is 0.500. The monoisotopic (exact) mass is 248 g/mol. The number of carboxylic acid groups (broad SMARTS) is 1. The first-order chi connectivity index (χ1) is 8.68. The number of nitrogens with zero attached hydrogens (tertiary/aromatic N) is 1. The van der Waals surface area contributed by atoms with Crippen LogP contribution in [0.2, 0.25) is 0 Å². The number of aliphatic carboxylic acids is 1. The Morgan fingerprint density at radius 1 is 1.28 bits per heavy atom. The van der Waals surface area contributed by atoms with Gasteiger partial charge in [-0.3, -0.25) is 9.69 Å². The molecule has 0 aromatic heterocycles. The van der Waals surface area contributed by atoms with Crippen LogP contribution >= 0.6 is 0 Å². The van der Waals surface area contributed by atoms with Crippen molar-refractivity contribution in [2.24, 2.45) is 5.73 Å². The second-order valence-electron chi connectivity index (χ2n) is 4.85. The lowest BCUT2D eigenvalue weighted by atomic mass is 9.98. The van der Waals surface area contributed by atoms with Gasteiger partial charge in [0.05, 0.1) is 0 Å². The van der Waals surface area contributed by atoms with Crippen LogP contribution in [0.3, 0.4) is 0 Å². The molecule has 1 aromatic carbocycles. The third-order valence-electron chi connectivity index (χ3n) is 3.56. The van der Waals surface area contributed by atoms with Gasteiger partial charge in [-0.05, 0) is 37.9 Å². The van der Waals surface area contributed by atoms with Gasteiger partial charge in [0.25, 0.3) is 0 Å². The minimum atomic E-state index is -0.921. The van der Waals surface area contributed by atoms with E-state index >= 15 is 0 Å². The summed E-state index contributed by atoms with van der Waals surface area (Å²) in [5.74, 6) is -0.921. The maximum atomic E-state index is 10.9. The number of nitrogens with two attached hydrogens (primary N) is 1. The Kier molecular flexibility index (Phi) is 4.33. The highest BCUT2D eigenvalue weighted by Gasteiger charge is 2.27. The van der Waals surface area contributed by atoms with Crippen molar-refractivity contribution in [1.82, 2.24) is 4.90 Å². The molecule has 2 atom stereocenters.